The van der Waals surface area contributed by atoms with Crippen LogP contribution in [-0.2, 0) is 5.41 Å². The van der Waals surface area contributed by atoms with E-state index in [4.69, 9.17) is 5.84 Å². The van der Waals surface area contributed by atoms with Crippen LogP contribution < -0.4 is 11.3 Å². The molecule has 1 aliphatic carbocycles. The Morgan fingerprint density at radius 2 is 2.13 bits per heavy atom. The molecule has 2 unspecified atom stereocenters. The predicted molar refractivity (Wildman–Crippen MR) is 57.4 cm³/mol. The quantitative estimate of drug-likeness (QED) is 0.499. The summed E-state index contributed by atoms with van der Waals surface area (Å²) in [6.07, 6.45) is 2.14. The number of anilines is 1. The summed E-state index contributed by atoms with van der Waals surface area (Å²) in [6, 6.07) is 8.52. The summed E-state index contributed by atoms with van der Waals surface area (Å²) in [4.78, 5) is 0. The van der Waals surface area contributed by atoms with Gasteiger partial charge in [-0.05, 0) is 30.5 Å². The van der Waals surface area contributed by atoms with Gasteiger partial charge in [-0.15, -0.1) is 0 Å². The Morgan fingerprint density at radius 3 is 2.60 bits per heavy atom. The van der Waals surface area contributed by atoms with Crippen LogP contribution in [0.4, 0.5) is 5.69 Å². The first-order chi connectivity index (χ1) is 7.26. The SMILES string of the molecule is NNc1ccc(C23CCN(O)C2C3)cc1. The van der Waals surface area contributed by atoms with Gasteiger partial charge in [-0.3, -0.25) is 5.84 Å². The van der Waals surface area contributed by atoms with Gasteiger partial charge in [-0.25, -0.2) is 0 Å². The summed E-state index contributed by atoms with van der Waals surface area (Å²) in [7, 11) is 0. The summed E-state index contributed by atoms with van der Waals surface area (Å²) in [5.41, 5.74) is 5.09. The minimum atomic E-state index is 0.224. The molecule has 4 heteroatoms. The second-order valence-electron chi connectivity index (χ2n) is 4.51. The Morgan fingerprint density at radius 1 is 1.40 bits per heavy atom. The molecule has 1 saturated carbocycles. The van der Waals surface area contributed by atoms with Crippen molar-refractivity contribution in [3.05, 3.63) is 29.8 Å². The van der Waals surface area contributed by atoms with Crippen molar-refractivity contribution in [2.45, 2.75) is 24.3 Å². The van der Waals surface area contributed by atoms with Crippen LogP contribution in [0.3, 0.4) is 0 Å². The maximum absolute atomic E-state index is 9.57. The van der Waals surface area contributed by atoms with Crippen LogP contribution in [0, 0.1) is 0 Å². The monoisotopic (exact) mass is 205 g/mol. The molecule has 15 heavy (non-hydrogen) atoms. The van der Waals surface area contributed by atoms with Crippen LogP contribution in [0.25, 0.3) is 0 Å². The van der Waals surface area contributed by atoms with E-state index >= 15 is 0 Å². The highest BCUT2D eigenvalue weighted by Gasteiger charge is 2.61. The number of nitrogens with zero attached hydrogens (tertiary/aromatic N) is 1. The topological polar surface area (TPSA) is 61.5 Å². The van der Waals surface area contributed by atoms with E-state index in [2.05, 4.69) is 17.6 Å². The fourth-order valence-corrected chi connectivity index (χ4v) is 2.77. The first kappa shape index (κ1) is 9.15. The van der Waals surface area contributed by atoms with Crippen LogP contribution in [0.5, 0.6) is 0 Å². The smallest absolute Gasteiger partial charge is 0.0485 e. The molecule has 1 heterocycles. The number of benzene rings is 1. The van der Waals surface area contributed by atoms with Gasteiger partial charge in [0.1, 0.15) is 0 Å². The largest absolute Gasteiger partial charge is 0.324 e. The van der Waals surface area contributed by atoms with E-state index < -0.39 is 0 Å². The zero-order valence-electron chi connectivity index (χ0n) is 8.48. The number of hydrazine groups is 1. The van der Waals surface area contributed by atoms with E-state index in [1.165, 1.54) is 10.6 Å². The second kappa shape index (κ2) is 2.95. The van der Waals surface area contributed by atoms with Crippen molar-refractivity contribution >= 4 is 5.69 Å². The molecule has 0 bridgehead atoms. The van der Waals surface area contributed by atoms with Crippen molar-refractivity contribution in [1.82, 2.24) is 5.06 Å². The van der Waals surface area contributed by atoms with Crippen molar-refractivity contribution in [2.24, 2.45) is 5.84 Å². The Labute approximate surface area is 88.6 Å². The van der Waals surface area contributed by atoms with Gasteiger partial charge in [0, 0.05) is 23.7 Å². The molecule has 2 aliphatic rings. The lowest BCUT2D eigenvalue weighted by molar-refractivity contribution is -0.0852. The molecule has 4 N–H and O–H groups in total. The number of rotatable bonds is 2. The molecule has 3 rings (SSSR count). The summed E-state index contributed by atoms with van der Waals surface area (Å²) in [6.45, 7) is 0.793. The van der Waals surface area contributed by atoms with E-state index in [1.807, 2.05) is 12.1 Å². The molecule has 0 spiro atoms. The zero-order valence-corrected chi connectivity index (χ0v) is 8.48. The highest BCUT2D eigenvalue weighted by atomic mass is 16.5. The van der Waals surface area contributed by atoms with E-state index in [-0.39, 0.29) is 5.41 Å². The summed E-state index contributed by atoms with van der Waals surface area (Å²) in [5.74, 6) is 5.32. The van der Waals surface area contributed by atoms with Crippen LogP contribution in [-0.4, -0.2) is 22.9 Å². The van der Waals surface area contributed by atoms with Crippen LogP contribution in [0.2, 0.25) is 0 Å². The van der Waals surface area contributed by atoms with Gasteiger partial charge < -0.3 is 10.6 Å². The number of piperidine rings is 1. The van der Waals surface area contributed by atoms with Gasteiger partial charge in [0.25, 0.3) is 0 Å². The molecular formula is C11H15N3O. The summed E-state index contributed by atoms with van der Waals surface area (Å²) < 4.78 is 0. The molecule has 4 nitrogen and oxygen atoms in total. The van der Waals surface area contributed by atoms with Crippen molar-refractivity contribution < 1.29 is 5.21 Å². The van der Waals surface area contributed by atoms with Crippen LogP contribution in [0.15, 0.2) is 24.3 Å². The van der Waals surface area contributed by atoms with Crippen molar-refractivity contribution in [2.75, 3.05) is 12.0 Å². The molecule has 0 radical (unpaired) electrons. The van der Waals surface area contributed by atoms with Gasteiger partial charge in [-0.2, -0.15) is 5.06 Å². The van der Waals surface area contributed by atoms with Gasteiger partial charge in [-0.1, -0.05) is 12.1 Å². The van der Waals surface area contributed by atoms with Crippen LogP contribution in [0.1, 0.15) is 18.4 Å². The Balaban J connectivity index is 1.88. The van der Waals surface area contributed by atoms with E-state index in [9.17, 15) is 5.21 Å². The van der Waals surface area contributed by atoms with E-state index in [0.717, 1.165) is 25.1 Å². The number of hydroxylamine groups is 2. The summed E-state index contributed by atoms with van der Waals surface area (Å²) in [5, 5.41) is 11.0. The number of nitrogens with two attached hydrogens (primary N) is 1. The molecule has 0 amide bonds. The Bertz CT molecular complexity index is 378. The van der Waals surface area contributed by atoms with Crippen molar-refractivity contribution in [1.29, 1.82) is 0 Å². The normalized spacial score (nSPS) is 33.9. The Kier molecular flexibility index (Phi) is 1.80. The molecule has 1 aromatic rings. The number of nitrogen functional groups attached to an aromatic ring is 1. The first-order valence-corrected chi connectivity index (χ1v) is 5.29. The average Bonchev–Trinajstić information content (AvgIpc) is 2.95. The fraction of sp³-hybridized carbons (Fsp3) is 0.455. The maximum atomic E-state index is 9.57. The maximum Gasteiger partial charge on any atom is 0.0485 e. The van der Waals surface area contributed by atoms with E-state index in [1.54, 1.807) is 0 Å². The molecular weight excluding hydrogens is 190 g/mol. The molecule has 1 aromatic carbocycles. The number of fused-ring (bicyclic) bond motifs is 1. The minimum absolute atomic E-state index is 0.224. The average molecular weight is 205 g/mol. The molecule has 1 aliphatic heterocycles. The van der Waals surface area contributed by atoms with Gasteiger partial charge in [0.2, 0.25) is 0 Å². The molecule has 1 saturated heterocycles. The number of hydrogen-bond acceptors (Lipinski definition) is 4. The third kappa shape index (κ3) is 1.19. The van der Waals surface area contributed by atoms with E-state index in [0.29, 0.717) is 6.04 Å². The van der Waals surface area contributed by atoms with Crippen molar-refractivity contribution in [3.8, 4) is 0 Å². The van der Waals surface area contributed by atoms with Gasteiger partial charge in [0.15, 0.2) is 0 Å². The molecule has 2 atom stereocenters. The first-order valence-electron chi connectivity index (χ1n) is 5.29. The lowest BCUT2D eigenvalue weighted by Crippen LogP contribution is -2.18. The molecule has 2 fully saturated rings. The highest BCUT2D eigenvalue weighted by molar-refractivity contribution is 5.48. The third-order valence-corrected chi connectivity index (χ3v) is 3.81. The standard InChI is InChI=1S/C11H15N3O/c12-13-9-3-1-8(2-4-9)11-5-6-14(15)10(11)7-11/h1-4,10,13,15H,5-7,12H2. The van der Waals surface area contributed by atoms with Gasteiger partial charge in [0.05, 0.1) is 0 Å². The zero-order chi connectivity index (χ0) is 10.5. The Hall–Kier alpha value is -1.10. The molecule has 80 valence electrons. The minimum Gasteiger partial charge on any atom is -0.324 e. The highest BCUT2D eigenvalue weighted by Crippen LogP contribution is 2.57. The lowest BCUT2D eigenvalue weighted by atomic mass is 9.93. The number of nitrogens with one attached hydrogen (secondary N) is 1. The second-order valence-corrected chi connectivity index (χ2v) is 4.51. The molecule has 0 aromatic heterocycles. The van der Waals surface area contributed by atoms with Gasteiger partial charge >= 0.3 is 0 Å². The fourth-order valence-electron chi connectivity index (χ4n) is 2.77. The number of hydrogen-bond donors (Lipinski definition) is 3. The van der Waals surface area contributed by atoms with Crippen molar-refractivity contribution in [3.63, 3.8) is 0 Å². The summed E-state index contributed by atoms with van der Waals surface area (Å²) >= 11 is 0. The predicted octanol–water partition coefficient (Wildman–Crippen LogP) is 1.08. The third-order valence-electron chi connectivity index (χ3n) is 3.81. The van der Waals surface area contributed by atoms with Crippen LogP contribution >= 0.6 is 0 Å². The lowest BCUT2D eigenvalue weighted by Gasteiger charge is -2.11.